The van der Waals surface area contributed by atoms with Crippen molar-refractivity contribution in [2.45, 2.75) is 45.2 Å². The fourth-order valence-corrected chi connectivity index (χ4v) is 6.07. The Labute approximate surface area is 181 Å². The molecule has 30 heavy (non-hydrogen) atoms. The van der Waals surface area contributed by atoms with Crippen molar-refractivity contribution in [2.24, 2.45) is 0 Å². The standard InChI is InChI=1S/C21H30N4O4S/c1-14-5-3-4-7-23(14)13-17(27)24-8-6-15-16(11-24)30-21-19(15)20(29)22(2)12-18(28)25(21)9-10-26/h14,26H,3-13H2,1-2H3. The van der Waals surface area contributed by atoms with Gasteiger partial charge < -0.3 is 14.9 Å². The van der Waals surface area contributed by atoms with Crippen LogP contribution in [0.1, 0.15) is 47.0 Å². The fourth-order valence-electron chi connectivity index (χ4n) is 4.67. The lowest BCUT2D eigenvalue weighted by molar-refractivity contribution is -0.134. The van der Waals surface area contributed by atoms with Crippen molar-refractivity contribution in [1.29, 1.82) is 0 Å². The van der Waals surface area contributed by atoms with Gasteiger partial charge in [-0.2, -0.15) is 0 Å². The molecule has 164 valence electrons. The zero-order valence-electron chi connectivity index (χ0n) is 17.7. The first-order chi connectivity index (χ1) is 14.4. The molecule has 3 amide bonds. The molecular formula is C21H30N4O4S. The first-order valence-corrected chi connectivity index (χ1v) is 11.6. The lowest BCUT2D eigenvalue weighted by atomic mass is 10.0. The van der Waals surface area contributed by atoms with Crippen molar-refractivity contribution in [3.63, 3.8) is 0 Å². The number of hydrogen-bond donors (Lipinski definition) is 1. The third-order valence-electron chi connectivity index (χ3n) is 6.47. The first kappa shape index (κ1) is 21.3. The number of aliphatic hydroxyl groups is 1. The van der Waals surface area contributed by atoms with E-state index in [-0.39, 0.29) is 37.4 Å². The fraction of sp³-hybridized carbons (Fsp3) is 0.667. The van der Waals surface area contributed by atoms with Gasteiger partial charge in [-0.3, -0.25) is 24.2 Å². The largest absolute Gasteiger partial charge is 0.395 e. The number of amides is 3. The quantitative estimate of drug-likeness (QED) is 0.762. The summed E-state index contributed by atoms with van der Waals surface area (Å²) in [4.78, 5) is 46.7. The molecule has 1 aromatic rings. The number of hydrogen-bond acceptors (Lipinski definition) is 6. The molecule has 0 bridgehead atoms. The second kappa shape index (κ2) is 8.64. The molecule has 1 saturated heterocycles. The van der Waals surface area contributed by atoms with E-state index in [2.05, 4.69) is 11.8 Å². The van der Waals surface area contributed by atoms with E-state index in [1.54, 1.807) is 7.05 Å². The Bertz CT molecular complexity index is 854. The maximum absolute atomic E-state index is 13.0. The molecule has 4 heterocycles. The average Bonchev–Trinajstić information content (AvgIpc) is 3.07. The molecule has 3 aliphatic rings. The van der Waals surface area contributed by atoms with Crippen LogP contribution in [-0.2, 0) is 22.6 Å². The van der Waals surface area contributed by atoms with Gasteiger partial charge in [0.2, 0.25) is 11.8 Å². The number of likely N-dealkylation sites (N-methyl/N-ethyl adjacent to an activating group) is 1. The number of likely N-dealkylation sites (tertiary alicyclic amines) is 1. The molecule has 1 atom stereocenters. The molecule has 8 nitrogen and oxygen atoms in total. The summed E-state index contributed by atoms with van der Waals surface area (Å²) in [6, 6.07) is 0.437. The lowest BCUT2D eigenvalue weighted by Gasteiger charge is -2.35. The van der Waals surface area contributed by atoms with Crippen LogP contribution in [0.25, 0.3) is 0 Å². The zero-order chi connectivity index (χ0) is 21.4. The molecule has 3 aliphatic heterocycles. The van der Waals surface area contributed by atoms with Gasteiger partial charge in [0.05, 0.1) is 25.3 Å². The van der Waals surface area contributed by atoms with Crippen LogP contribution >= 0.6 is 11.3 Å². The highest BCUT2D eigenvalue weighted by Gasteiger charge is 2.37. The van der Waals surface area contributed by atoms with Gasteiger partial charge >= 0.3 is 0 Å². The highest BCUT2D eigenvalue weighted by atomic mass is 32.1. The number of piperidine rings is 1. The van der Waals surface area contributed by atoms with Gasteiger partial charge in [-0.1, -0.05) is 6.42 Å². The van der Waals surface area contributed by atoms with Crippen molar-refractivity contribution < 1.29 is 19.5 Å². The van der Waals surface area contributed by atoms with Gasteiger partial charge in [-0.15, -0.1) is 11.3 Å². The Balaban J connectivity index is 1.57. The van der Waals surface area contributed by atoms with Crippen molar-refractivity contribution in [2.75, 3.05) is 51.3 Å². The van der Waals surface area contributed by atoms with Crippen LogP contribution in [0.2, 0.25) is 0 Å². The summed E-state index contributed by atoms with van der Waals surface area (Å²) in [6.07, 6.45) is 4.12. The maximum atomic E-state index is 13.0. The van der Waals surface area contributed by atoms with Gasteiger partial charge in [0.1, 0.15) is 11.5 Å². The maximum Gasteiger partial charge on any atom is 0.257 e. The molecule has 0 spiro atoms. The minimum atomic E-state index is -0.190. The molecule has 4 rings (SSSR count). The predicted octanol–water partition coefficient (Wildman–Crippen LogP) is 0.918. The highest BCUT2D eigenvalue weighted by molar-refractivity contribution is 7.17. The Kier molecular flexibility index (Phi) is 6.13. The molecule has 9 heteroatoms. The second-order valence-corrected chi connectivity index (χ2v) is 9.58. The van der Waals surface area contributed by atoms with Crippen LogP contribution in [0.3, 0.4) is 0 Å². The number of carbonyl (C=O) groups excluding carboxylic acids is 3. The van der Waals surface area contributed by atoms with Crippen LogP contribution < -0.4 is 4.90 Å². The molecular weight excluding hydrogens is 404 g/mol. The van der Waals surface area contributed by atoms with E-state index in [9.17, 15) is 19.5 Å². The summed E-state index contributed by atoms with van der Waals surface area (Å²) < 4.78 is 0. The van der Waals surface area contributed by atoms with Crippen LogP contribution in [0.15, 0.2) is 0 Å². The van der Waals surface area contributed by atoms with E-state index in [1.807, 2.05) is 4.90 Å². The van der Waals surface area contributed by atoms with Crippen molar-refractivity contribution >= 4 is 34.1 Å². The summed E-state index contributed by atoms with van der Waals surface area (Å²) in [5.41, 5.74) is 1.54. The van der Waals surface area contributed by atoms with Crippen LogP contribution in [0.4, 0.5) is 5.00 Å². The van der Waals surface area contributed by atoms with Gasteiger partial charge in [-0.25, -0.2) is 0 Å². The minimum absolute atomic E-state index is 0.00758. The van der Waals surface area contributed by atoms with Gasteiger partial charge in [0.25, 0.3) is 5.91 Å². The van der Waals surface area contributed by atoms with Crippen molar-refractivity contribution in [1.82, 2.24) is 14.7 Å². The number of rotatable bonds is 4. The lowest BCUT2D eigenvalue weighted by Crippen LogP contribution is -2.46. The van der Waals surface area contributed by atoms with Crippen molar-refractivity contribution in [3.05, 3.63) is 16.0 Å². The summed E-state index contributed by atoms with van der Waals surface area (Å²) >= 11 is 1.42. The number of β-amino-alcohol motifs (C(OH)–C–C–N with tert-alkyl or cyclic N) is 1. The SMILES string of the molecule is CC1CCCCN1CC(=O)N1CCc2c(sc3c2C(=O)N(C)CC(=O)N3CCO)C1. The average molecular weight is 435 g/mol. The monoisotopic (exact) mass is 434 g/mol. The highest BCUT2D eigenvalue weighted by Crippen LogP contribution is 2.41. The first-order valence-electron chi connectivity index (χ1n) is 10.7. The number of anilines is 1. The molecule has 1 unspecified atom stereocenters. The molecule has 1 fully saturated rings. The van der Waals surface area contributed by atoms with E-state index in [0.29, 0.717) is 42.7 Å². The molecule has 0 radical (unpaired) electrons. The van der Waals surface area contributed by atoms with E-state index in [0.717, 1.165) is 29.8 Å². The second-order valence-electron chi connectivity index (χ2n) is 8.49. The van der Waals surface area contributed by atoms with Gasteiger partial charge in [0.15, 0.2) is 0 Å². The summed E-state index contributed by atoms with van der Waals surface area (Å²) in [5, 5.41) is 10.1. The van der Waals surface area contributed by atoms with Gasteiger partial charge in [-0.05, 0) is 38.3 Å². The van der Waals surface area contributed by atoms with Crippen molar-refractivity contribution in [3.8, 4) is 0 Å². The van der Waals surface area contributed by atoms with E-state index in [1.165, 1.54) is 27.6 Å². The van der Waals surface area contributed by atoms with E-state index in [4.69, 9.17) is 0 Å². The van der Waals surface area contributed by atoms with Gasteiger partial charge in [0, 0.05) is 31.1 Å². The Morgan fingerprint density at radius 3 is 2.73 bits per heavy atom. The number of thiophene rings is 1. The summed E-state index contributed by atoms with van der Waals surface area (Å²) in [7, 11) is 1.63. The number of nitrogens with zero attached hydrogens (tertiary/aromatic N) is 4. The smallest absolute Gasteiger partial charge is 0.257 e. The van der Waals surface area contributed by atoms with E-state index >= 15 is 0 Å². The number of carbonyl (C=O) groups is 3. The van der Waals surface area contributed by atoms with Crippen LogP contribution in [0, 0.1) is 0 Å². The molecule has 1 N–H and O–H groups in total. The zero-order valence-corrected chi connectivity index (χ0v) is 18.5. The third-order valence-corrected chi connectivity index (χ3v) is 7.71. The molecule has 0 saturated carbocycles. The molecule has 0 aromatic carbocycles. The summed E-state index contributed by atoms with van der Waals surface area (Å²) in [6.45, 7) is 4.68. The van der Waals surface area contributed by atoms with Crippen LogP contribution in [0.5, 0.6) is 0 Å². The molecule has 1 aromatic heterocycles. The third kappa shape index (κ3) is 3.86. The Morgan fingerprint density at radius 1 is 1.20 bits per heavy atom. The predicted molar refractivity (Wildman–Crippen MR) is 115 cm³/mol. The van der Waals surface area contributed by atoms with E-state index < -0.39 is 0 Å². The number of aliphatic hydroxyl groups excluding tert-OH is 1. The van der Waals surface area contributed by atoms with Crippen LogP contribution in [-0.4, -0.2) is 89.9 Å². The summed E-state index contributed by atoms with van der Waals surface area (Å²) in [5.74, 6) is -0.216. The Hall–Kier alpha value is -1.97. The number of fused-ring (bicyclic) bond motifs is 3. The minimum Gasteiger partial charge on any atom is -0.395 e. The Morgan fingerprint density at radius 2 is 2.00 bits per heavy atom. The molecule has 0 aliphatic carbocycles. The topological polar surface area (TPSA) is 84.4 Å². The normalized spacial score (nSPS) is 22.8.